The summed E-state index contributed by atoms with van der Waals surface area (Å²) in [6.45, 7) is 0.244. The first-order valence-corrected chi connectivity index (χ1v) is 15.0. The SMILES string of the molecule is COc1ccc(C23CC4CC(CC(C(=O)NCCN5C(=O)S/C(=C/c6ccc(Cl)c(Cl)c6)C5=O)(C4)C2)C3)c(F)c1. The van der Waals surface area contributed by atoms with Crippen molar-refractivity contribution >= 4 is 58.1 Å². The molecule has 2 aromatic carbocycles. The highest BCUT2D eigenvalue weighted by Crippen LogP contribution is 2.66. The van der Waals surface area contributed by atoms with Crippen LogP contribution in [0.1, 0.15) is 49.7 Å². The Morgan fingerprint density at radius 2 is 1.88 bits per heavy atom. The van der Waals surface area contributed by atoms with E-state index in [2.05, 4.69) is 5.32 Å². The van der Waals surface area contributed by atoms with E-state index in [-0.39, 0.29) is 35.5 Å². The summed E-state index contributed by atoms with van der Waals surface area (Å²) in [5.74, 6) is 0.501. The average molecular weight is 604 g/mol. The molecule has 6 nitrogen and oxygen atoms in total. The van der Waals surface area contributed by atoms with Crippen LogP contribution in [0.5, 0.6) is 5.75 Å². The Morgan fingerprint density at radius 3 is 2.55 bits per heavy atom. The largest absolute Gasteiger partial charge is 0.497 e. The highest BCUT2D eigenvalue weighted by molar-refractivity contribution is 8.18. The van der Waals surface area contributed by atoms with Gasteiger partial charge in [-0.25, -0.2) is 4.39 Å². The second kappa shape index (κ2) is 10.4. The third kappa shape index (κ3) is 4.82. The van der Waals surface area contributed by atoms with Crippen molar-refractivity contribution in [1.82, 2.24) is 10.2 Å². The highest BCUT2D eigenvalue weighted by Gasteiger charge is 2.61. The molecule has 5 aliphatic rings. The number of nitrogens with zero attached hydrogens (tertiary/aromatic N) is 1. The van der Waals surface area contributed by atoms with E-state index in [9.17, 15) is 14.4 Å². The molecular formula is C30H29Cl2FN2O4S. The minimum absolute atomic E-state index is 0.0572. The maximum Gasteiger partial charge on any atom is 0.293 e. The fourth-order valence-electron chi connectivity index (χ4n) is 7.81. The molecule has 1 heterocycles. The van der Waals surface area contributed by atoms with Gasteiger partial charge in [-0.1, -0.05) is 35.3 Å². The summed E-state index contributed by atoms with van der Waals surface area (Å²) in [5.41, 5.74) is 0.422. The Balaban J connectivity index is 1.13. The van der Waals surface area contributed by atoms with Crippen LogP contribution in [0.3, 0.4) is 0 Å². The van der Waals surface area contributed by atoms with Crippen LogP contribution in [-0.2, 0) is 15.0 Å². The average Bonchev–Trinajstić information content (AvgIpc) is 3.17. The Bertz CT molecular complexity index is 1430. The van der Waals surface area contributed by atoms with E-state index in [4.69, 9.17) is 27.9 Å². The molecule has 0 aromatic heterocycles. The van der Waals surface area contributed by atoms with Crippen LogP contribution in [0.4, 0.5) is 9.18 Å². The van der Waals surface area contributed by atoms with Gasteiger partial charge >= 0.3 is 0 Å². The highest BCUT2D eigenvalue weighted by atomic mass is 35.5. The zero-order valence-electron chi connectivity index (χ0n) is 22.0. The number of hydrogen-bond donors (Lipinski definition) is 1. The predicted molar refractivity (Wildman–Crippen MR) is 154 cm³/mol. The summed E-state index contributed by atoms with van der Waals surface area (Å²) in [4.78, 5) is 40.7. The zero-order valence-corrected chi connectivity index (χ0v) is 24.3. The fraction of sp³-hybridized carbons (Fsp3) is 0.433. The molecule has 4 bridgehead atoms. The second-order valence-corrected chi connectivity index (χ2v) is 13.4. The van der Waals surface area contributed by atoms with Gasteiger partial charge in [0.05, 0.1) is 27.5 Å². The van der Waals surface area contributed by atoms with Crippen molar-refractivity contribution in [3.8, 4) is 5.75 Å². The van der Waals surface area contributed by atoms with Crippen molar-refractivity contribution in [3.05, 3.63) is 68.3 Å². The number of ether oxygens (including phenoxy) is 1. The van der Waals surface area contributed by atoms with Crippen molar-refractivity contribution in [1.29, 1.82) is 0 Å². The molecule has 3 amide bonds. The Morgan fingerprint density at radius 1 is 1.12 bits per heavy atom. The first-order chi connectivity index (χ1) is 19.1. The van der Waals surface area contributed by atoms with Crippen LogP contribution in [0.25, 0.3) is 6.08 Å². The number of nitrogens with one attached hydrogen (secondary N) is 1. The summed E-state index contributed by atoms with van der Waals surface area (Å²) in [6.07, 6.45) is 6.67. The fourth-order valence-corrected chi connectivity index (χ4v) is 8.98. The molecule has 2 atom stereocenters. The number of thioether (sulfide) groups is 1. The molecule has 0 radical (unpaired) electrons. The zero-order chi connectivity index (χ0) is 28.2. The number of amides is 3. The second-order valence-electron chi connectivity index (χ2n) is 11.6. The maximum absolute atomic E-state index is 15.3. The number of imide groups is 1. The standard InChI is InChI=1S/C30H29Cl2FN2O4S/c1-39-20-3-4-21(24(33)11-20)29-12-18-8-19(13-29)15-30(14-18,16-29)27(37)34-6-7-35-26(36)25(40-28(35)38)10-17-2-5-22(31)23(32)9-17/h2-5,9-11,18-19H,6-8,12-16H2,1H3,(H,34,37)/b25-10+. The molecule has 1 aliphatic heterocycles. The van der Waals surface area contributed by atoms with Crippen LogP contribution >= 0.6 is 35.0 Å². The van der Waals surface area contributed by atoms with Crippen LogP contribution in [0, 0.1) is 23.1 Å². The van der Waals surface area contributed by atoms with E-state index < -0.39 is 11.3 Å². The lowest BCUT2D eigenvalue weighted by atomic mass is 9.42. The number of carbonyl (C=O) groups excluding carboxylic acids is 3. The van der Waals surface area contributed by atoms with Gasteiger partial charge in [-0.2, -0.15) is 0 Å². The van der Waals surface area contributed by atoms with Crippen LogP contribution in [-0.4, -0.2) is 42.2 Å². The summed E-state index contributed by atoms with van der Waals surface area (Å²) in [7, 11) is 1.52. The van der Waals surface area contributed by atoms with Crippen molar-refractivity contribution in [3.63, 3.8) is 0 Å². The molecule has 7 rings (SSSR count). The quantitative estimate of drug-likeness (QED) is 0.351. The van der Waals surface area contributed by atoms with Crippen LogP contribution in [0.2, 0.25) is 10.0 Å². The number of halogens is 3. The lowest BCUT2D eigenvalue weighted by molar-refractivity contribution is -0.149. The lowest BCUT2D eigenvalue weighted by Gasteiger charge is -2.61. The topological polar surface area (TPSA) is 75.7 Å². The molecule has 10 heteroatoms. The van der Waals surface area contributed by atoms with E-state index in [0.717, 1.165) is 48.8 Å². The summed E-state index contributed by atoms with van der Waals surface area (Å²) in [5, 5.41) is 3.41. The van der Waals surface area contributed by atoms with Gasteiger partial charge in [0, 0.05) is 19.2 Å². The summed E-state index contributed by atoms with van der Waals surface area (Å²) < 4.78 is 20.5. The lowest BCUT2D eigenvalue weighted by Crippen LogP contribution is -2.59. The van der Waals surface area contributed by atoms with Crippen molar-refractivity contribution in [2.75, 3.05) is 20.2 Å². The number of carbonyl (C=O) groups is 3. The summed E-state index contributed by atoms with van der Waals surface area (Å²) in [6, 6.07) is 10.1. The number of hydrogen-bond acceptors (Lipinski definition) is 5. The van der Waals surface area contributed by atoms with E-state index >= 15 is 4.39 Å². The number of methoxy groups -OCH3 is 1. The molecule has 2 unspecified atom stereocenters. The monoisotopic (exact) mass is 602 g/mol. The molecule has 5 fully saturated rings. The van der Waals surface area contributed by atoms with Gasteiger partial charge < -0.3 is 10.1 Å². The summed E-state index contributed by atoms with van der Waals surface area (Å²) >= 11 is 12.9. The van der Waals surface area contributed by atoms with E-state index in [1.807, 2.05) is 6.07 Å². The third-order valence-electron chi connectivity index (χ3n) is 9.03. The molecule has 4 saturated carbocycles. The molecule has 0 spiro atoms. The van der Waals surface area contributed by atoms with Gasteiger partial charge in [0.15, 0.2) is 0 Å². The van der Waals surface area contributed by atoms with Gasteiger partial charge in [-0.15, -0.1) is 0 Å². The first kappa shape index (κ1) is 27.6. The third-order valence-corrected chi connectivity index (χ3v) is 10.7. The first-order valence-electron chi connectivity index (χ1n) is 13.4. The number of rotatable bonds is 7. The van der Waals surface area contributed by atoms with Crippen LogP contribution < -0.4 is 10.1 Å². The Hall–Kier alpha value is -2.55. The molecular weight excluding hydrogens is 574 g/mol. The van der Waals surface area contributed by atoms with Gasteiger partial charge in [0.1, 0.15) is 11.6 Å². The Labute approximate surface area is 246 Å². The smallest absolute Gasteiger partial charge is 0.293 e. The molecule has 4 aliphatic carbocycles. The van der Waals surface area contributed by atoms with Crippen molar-refractivity contribution in [2.24, 2.45) is 17.3 Å². The molecule has 2 aromatic rings. The molecule has 40 heavy (non-hydrogen) atoms. The maximum atomic E-state index is 15.3. The molecule has 210 valence electrons. The predicted octanol–water partition coefficient (Wildman–Crippen LogP) is 6.83. The van der Waals surface area contributed by atoms with Gasteiger partial charge in [0.2, 0.25) is 5.91 Å². The van der Waals surface area contributed by atoms with Gasteiger partial charge in [-0.05, 0) is 103 Å². The molecule has 1 N–H and O–H groups in total. The van der Waals surface area contributed by atoms with E-state index in [1.54, 1.807) is 30.3 Å². The minimum Gasteiger partial charge on any atom is -0.497 e. The van der Waals surface area contributed by atoms with E-state index in [0.29, 0.717) is 50.1 Å². The minimum atomic E-state index is -0.566. The van der Waals surface area contributed by atoms with Crippen molar-refractivity contribution in [2.45, 2.75) is 43.9 Å². The Kier molecular flexibility index (Phi) is 7.16. The van der Waals surface area contributed by atoms with Crippen molar-refractivity contribution < 1.29 is 23.5 Å². The molecule has 1 saturated heterocycles. The number of benzene rings is 2. The van der Waals surface area contributed by atoms with Gasteiger partial charge in [-0.3, -0.25) is 19.3 Å². The van der Waals surface area contributed by atoms with E-state index in [1.165, 1.54) is 13.2 Å². The van der Waals surface area contributed by atoms with Crippen LogP contribution in [0.15, 0.2) is 41.3 Å². The normalized spacial score (nSPS) is 29.9. The van der Waals surface area contributed by atoms with Gasteiger partial charge in [0.25, 0.3) is 11.1 Å².